The number of halogens is 6. The van der Waals surface area contributed by atoms with Crippen LogP contribution in [0.15, 0.2) is 58.5 Å². The van der Waals surface area contributed by atoms with Gasteiger partial charge in [-0.15, -0.1) is 0 Å². The summed E-state index contributed by atoms with van der Waals surface area (Å²) < 4.78 is 77.7. The minimum absolute atomic E-state index is 0.151. The molecule has 34 heavy (non-hydrogen) atoms. The second kappa shape index (κ2) is 8.96. The molecule has 1 heterocycles. The van der Waals surface area contributed by atoms with E-state index in [1.54, 1.807) is 0 Å². The Bertz CT molecular complexity index is 983. The summed E-state index contributed by atoms with van der Waals surface area (Å²) in [6.45, 7) is 0. The molecule has 0 spiro atoms. The van der Waals surface area contributed by atoms with Crippen molar-refractivity contribution in [2.45, 2.75) is 50.1 Å². The number of hydrogen-bond donors (Lipinski definition) is 0. The van der Waals surface area contributed by atoms with Crippen LogP contribution in [0.2, 0.25) is 0 Å². The zero-order valence-electron chi connectivity index (χ0n) is 18.7. The molecule has 4 rings (SSSR count). The van der Waals surface area contributed by atoms with E-state index in [2.05, 4.69) is 9.98 Å². The Kier molecular flexibility index (Phi) is 6.35. The van der Waals surface area contributed by atoms with Gasteiger partial charge in [0.1, 0.15) is 0 Å². The molecule has 182 valence electrons. The fourth-order valence-electron chi connectivity index (χ4n) is 4.58. The van der Waals surface area contributed by atoms with Crippen molar-refractivity contribution in [2.24, 2.45) is 9.98 Å². The molecule has 2 fully saturated rings. The third-order valence-electron chi connectivity index (χ3n) is 6.42. The monoisotopic (exact) mass is 482 g/mol. The minimum Gasteiger partial charge on any atom is -0.352 e. The molecule has 0 unspecified atom stereocenters. The summed E-state index contributed by atoms with van der Waals surface area (Å²) in [6, 6.07) is 9.39. The zero-order valence-corrected chi connectivity index (χ0v) is 18.7. The molecule has 2 aliphatic rings. The second-order valence-electron chi connectivity index (χ2n) is 8.60. The first-order chi connectivity index (χ1) is 15.9. The number of hydrogen-bond acceptors (Lipinski definition) is 2. The molecule has 1 aliphatic heterocycles. The van der Waals surface area contributed by atoms with E-state index in [9.17, 15) is 26.3 Å². The Morgan fingerprint density at radius 3 is 1.24 bits per heavy atom. The van der Waals surface area contributed by atoms with Crippen LogP contribution in [-0.4, -0.2) is 47.7 Å². The highest BCUT2D eigenvalue weighted by Crippen LogP contribution is 2.34. The average molecular weight is 482 g/mol. The predicted octanol–water partition coefficient (Wildman–Crippen LogP) is 6.67. The number of benzene rings is 2. The Morgan fingerprint density at radius 1 is 0.618 bits per heavy atom. The van der Waals surface area contributed by atoms with Gasteiger partial charge in [0.15, 0.2) is 11.7 Å². The number of likely N-dealkylation sites (N-methyl/N-ethyl adjacent to an activating group) is 2. The van der Waals surface area contributed by atoms with Crippen LogP contribution < -0.4 is 0 Å². The van der Waals surface area contributed by atoms with E-state index < -0.39 is 23.5 Å². The van der Waals surface area contributed by atoms with Crippen molar-refractivity contribution in [2.75, 3.05) is 14.1 Å². The first-order valence-electron chi connectivity index (χ1n) is 10.9. The van der Waals surface area contributed by atoms with Crippen molar-refractivity contribution in [1.29, 1.82) is 0 Å². The van der Waals surface area contributed by atoms with Gasteiger partial charge in [0, 0.05) is 14.1 Å². The number of amidine groups is 2. The van der Waals surface area contributed by atoms with E-state index >= 15 is 0 Å². The highest BCUT2D eigenvalue weighted by molar-refractivity contribution is 6.41. The Labute approximate surface area is 193 Å². The van der Waals surface area contributed by atoms with Crippen LogP contribution in [0, 0.1) is 0 Å². The first kappa shape index (κ1) is 24.1. The molecule has 2 aromatic rings. The Balaban J connectivity index is 1.75. The van der Waals surface area contributed by atoms with E-state index in [0.717, 1.165) is 49.9 Å². The van der Waals surface area contributed by atoms with Crippen LogP contribution in [0.4, 0.5) is 37.7 Å². The maximum Gasteiger partial charge on any atom is 0.416 e. The molecule has 1 saturated heterocycles. The van der Waals surface area contributed by atoms with Crippen LogP contribution >= 0.6 is 0 Å². The first-order valence-corrected chi connectivity index (χ1v) is 10.9. The molecule has 2 aromatic carbocycles. The lowest BCUT2D eigenvalue weighted by Crippen LogP contribution is -2.63. The van der Waals surface area contributed by atoms with Gasteiger partial charge in [-0.3, -0.25) is 0 Å². The van der Waals surface area contributed by atoms with Crippen LogP contribution in [0.25, 0.3) is 0 Å². The summed E-state index contributed by atoms with van der Waals surface area (Å²) in [5.41, 5.74) is -0.872. The van der Waals surface area contributed by atoms with Gasteiger partial charge in [-0.05, 0) is 61.4 Å². The molecule has 4 nitrogen and oxygen atoms in total. The van der Waals surface area contributed by atoms with Crippen LogP contribution in [0.1, 0.15) is 36.8 Å². The van der Waals surface area contributed by atoms with E-state index in [4.69, 9.17) is 0 Å². The SMILES string of the molecule is CN1C(=Nc2ccc(C(F)(F)F)cc2)C(=Nc2ccc(C(F)(F)F)cc2)N(C)[C@@H]2CCCC[C@H]21. The van der Waals surface area contributed by atoms with Gasteiger partial charge in [-0.25, -0.2) is 9.98 Å². The standard InChI is InChI=1S/C24H24F6N4/c1-33-19-5-3-4-6-20(19)34(2)22(32-18-13-9-16(10-14-18)24(28,29)30)21(33)31-17-11-7-15(8-12-17)23(25,26)27/h7-14,19-20H,3-6H2,1-2H3/t19-,20-/m1/s1. The Hall–Kier alpha value is -3.04. The van der Waals surface area contributed by atoms with Crippen molar-refractivity contribution in [1.82, 2.24) is 9.80 Å². The second-order valence-corrected chi connectivity index (χ2v) is 8.60. The van der Waals surface area contributed by atoms with E-state index in [-0.39, 0.29) is 12.1 Å². The summed E-state index contributed by atoms with van der Waals surface area (Å²) >= 11 is 0. The smallest absolute Gasteiger partial charge is 0.352 e. The highest BCUT2D eigenvalue weighted by atomic mass is 19.4. The van der Waals surface area contributed by atoms with Gasteiger partial charge in [-0.1, -0.05) is 12.8 Å². The van der Waals surface area contributed by atoms with Crippen molar-refractivity contribution < 1.29 is 26.3 Å². The summed E-state index contributed by atoms with van der Waals surface area (Å²) in [7, 11) is 3.75. The van der Waals surface area contributed by atoms with E-state index in [1.807, 2.05) is 23.9 Å². The van der Waals surface area contributed by atoms with Gasteiger partial charge >= 0.3 is 12.4 Å². The molecule has 2 atom stereocenters. The molecule has 1 aliphatic carbocycles. The van der Waals surface area contributed by atoms with Crippen LogP contribution in [0.3, 0.4) is 0 Å². The van der Waals surface area contributed by atoms with Gasteiger partial charge in [-0.2, -0.15) is 26.3 Å². The van der Waals surface area contributed by atoms with Crippen molar-refractivity contribution >= 4 is 23.0 Å². The predicted molar refractivity (Wildman–Crippen MR) is 119 cm³/mol. The maximum atomic E-state index is 12.9. The molecule has 0 bridgehead atoms. The summed E-state index contributed by atoms with van der Waals surface area (Å²) in [6.07, 6.45) is -4.91. The molecule has 0 amide bonds. The summed E-state index contributed by atoms with van der Waals surface area (Å²) in [4.78, 5) is 13.2. The van der Waals surface area contributed by atoms with Crippen molar-refractivity contribution in [3.63, 3.8) is 0 Å². The number of fused-ring (bicyclic) bond motifs is 1. The molecule has 0 radical (unpaired) electrons. The lowest BCUT2D eigenvalue weighted by Gasteiger charge is -2.49. The molecule has 1 saturated carbocycles. The number of rotatable bonds is 2. The lowest BCUT2D eigenvalue weighted by atomic mass is 9.86. The largest absolute Gasteiger partial charge is 0.416 e. The van der Waals surface area contributed by atoms with Gasteiger partial charge < -0.3 is 9.80 Å². The van der Waals surface area contributed by atoms with E-state index in [0.29, 0.717) is 23.0 Å². The molecule has 10 heteroatoms. The van der Waals surface area contributed by atoms with Crippen LogP contribution in [-0.2, 0) is 12.4 Å². The van der Waals surface area contributed by atoms with Gasteiger partial charge in [0.2, 0.25) is 0 Å². The fraction of sp³-hybridized carbons (Fsp3) is 0.417. The average Bonchev–Trinajstić information content (AvgIpc) is 2.79. The molecular formula is C24H24F6N4. The summed E-state index contributed by atoms with van der Waals surface area (Å²) in [5.74, 6) is 0.926. The molecule has 0 aromatic heterocycles. The third-order valence-corrected chi connectivity index (χ3v) is 6.42. The third kappa shape index (κ3) is 4.90. The highest BCUT2D eigenvalue weighted by Gasteiger charge is 2.41. The number of piperazine rings is 1. The fourth-order valence-corrected chi connectivity index (χ4v) is 4.58. The number of nitrogens with zero attached hydrogens (tertiary/aromatic N) is 4. The Morgan fingerprint density at radius 2 is 0.941 bits per heavy atom. The van der Waals surface area contributed by atoms with Gasteiger partial charge in [0.25, 0.3) is 0 Å². The maximum absolute atomic E-state index is 12.9. The quantitative estimate of drug-likeness (QED) is 0.448. The zero-order chi connectivity index (χ0) is 24.7. The number of aliphatic imine (C=N–C) groups is 2. The van der Waals surface area contributed by atoms with E-state index in [1.165, 1.54) is 24.3 Å². The topological polar surface area (TPSA) is 31.2 Å². The lowest BCUT2D eigenvalue weighted by molar-refractivity contribution is -0.138. The van der Waals surface area contributed by atoms with Gasteiger partial charge in [0.05, 0.1) is 34.6 Å². The molecule has 0 N–H and O–H groups in total. The summed E-state index contributed by atoms with van der Waals surface area (Å²) in [5, 5.41) is 0. The van der Waals surface area contributed by atoms with Crippen LogP contribution in [0.5, 0.6) is 0 Å². The van der Waals surface area contributed by atoms with Crippen molar-refractivity contribution in [3.05, 3.63) is 59.7 Å². The normalized spacial score (nSPS) is 24.0. The molecular weight excluding hydrogens is 458 g/mol. The van der Waals surface area contributed by atoms with Crippen molar-refractivity contribution in [3.8, 4) is 0 Å². The number of alkyl halides is 6. The minimum atomic E-state index is -4.45.